The Bertz CT molecular complexity index is 1450. The molecule has 1 atom stereocenters. The van der Waals surface area contributed by atoms with Gasteiger partial charge in [0.1, 0.15) is 5.60 Å². The lowest BCUT2D eigenvalue weighted by Gasteiger charge is -2.36. The molecule has 202 valence electrons. The number of benzene rings is 2. The minimum Gasteiger partial charge on any atom is -0.443 e. The normalized spacial score (nSPS) is 17.9. The topological polar surface area (TPSA) is 78.0 Å². The van der Waals surface area contributed by atoms with Crippen LogP contribution in [-0.4, -0.2) is 48.4 Å². The van der Waals surface area contributed by atoms with Gasteiger partial charge in [-0.05, 0) is 82.9 Å². The molecule has 3 aliphatic rings. The summed E-state index contributed by atoms with van der Waals surface area (Å²) in [5.41, 5.74) is 5.95. The minimum atomic E-state index is -0.582. The highest BCUT2D eigenvalue weighted by Crippen LogP contribution is 2.41. The number of carbonyl (C=O) groups excluding carboxylic acids is 2. The number of nitrogens with one attached hydrogen (secondary N) is 1. The van der Waals surface area contributed by atoms with Gasteiger partial charge in [-0.25, -0.2) is 14.6 Å². The van der Waals surface area contributed by atoms with Gasteiger partial charge in [-0.2, -0.15) is 0 Å². The highest BCUT2D eigenvalue weighted by Gasteiger charge is 2.40. The van der Waals surface area contributed by atoms with Crippen molar-refractivity contribution in [1.29, 1.82) is 0 Å². The van der Waals surface area contributed by atoms with Crippen LogP contribution in [0.4, 0.5) is 32.5 Å². The number of hydrogen-bond donors (Lipinski definition) is 1. The molecule has 0 aliphatic carbocycles. The summed E-state index contributed by atoms with van der Waals surface area (Å²) in [5, 5.41) is 3.11. The quantitative estimate of drug-likeness (QED) is 0.420. The maximum atomic E-state index is 13.8. The molecule has 1 N–H and O–H groups in total. The van der Waals surface area contributed by atoms with Gasteiger partial charge in [0, 0.05) is 30.9 Å². The number of nitrogens with zero attached hydrogens (tertiary/aromatic N) is 4. The summed E-state index contributed by atoms with van der Waals surface area (Å²) in [6.07, 6.45) is 2.28. The summed E-state index contributed by atoms with van der Waals surface area (Å²) >= 11 is 0. The van der Waals surface area contributed by atoms with E-state index in [1.165, 1.54) is 5.56 Å². The molecular formula is C31H35N5O3. The first kappa shape index (κ1) is 25.2. The van der Waals surface area contributed by atoms with Gasteiger partial charge in [0.2, 0.25) is 0 Å². The Balaban J connectivity index is 1.30. The monoisotopic (exact) mass is 525 g/mol. The third-order valence-corrected chi connectivity index (χ3v) is 7.55. The SMILES string of the molecule is Cc1cccc(-c2ccc3c(n2)N(C(=O)Nc2ccc4c(c2)N(C(=O)OC(C)(C)C)CCC4)[C@H]2CCN3C2)c1. The number of aryl methyl sites for hydroxylation is 2. The van der Waals surface area contributed by atoms with Crippen LogP contribution in [0.15, 0.2) is 54.6 Å². The molecule has 2 aromatic carbocycles. The van der Waals surface area contributed by atoms with E-state index in [0.29, 0.717) is 18.1 Å². The second kappa shape index (κ2) is 9.59. The smallest absolute Gasteiger partial charge is 0.414 e. The van der Waals surface area contributed by atoms with Gasteiger partial charge < -0.3 is 15.0 Å². The summed E-state index contributed by atoms with van der Waals surface area (Å²) in [6, 6.07) is 18.0. The zero-order valence-corrected chi connectivity index (χ0v) is 23.0. The van der Waals surface area contributed by atoms with Crippen molar-refractivity contribution in [2.24, 2.45) is 0 Å². The lowest BCUT2D eigenvalue weighted by molar-refractivity contribution is 0.0578. The van der Waals surface area contributed by atoms with E-state index in [0.717, 1.165) is 60.5 Å². The van der Waals surface area contributed by atoms with Crippen LogP contribution in [0.1, 0.15) is 44.7 Å². The van der Waals surface area contributed by atoms with E-state index in [4.69, 9.17) is 9.72 Å². The molecule has 0 radical (unpaired) electrons. The Morgan fingerprint density at radius 1 is 1.03 bits per heavy atom. The van der Waals surface area contributed by atoms with Gasteiger partial charge in [-0.3, -0.25) is 9.80 Å². The van der Waals surface area contributed by atoms with Crippen molar-refractivity contribution in [3.63, 3.8) is 0 Å². The lowest BCUT2D eigenvalue weighted by Crippen LogP contribution is -2.48. The number of amides is 3. The predicted molar refractivity (Wildman–Crippen MR) is 155 cm³/mol. The molecule has 1 saturated heterocycles. The average Bonchev–Trinajstić information content (AvgIpc) is 3.31. The fourth-order valence-corrected chi connectivity index (χ4v) is 5.78. The van der Waals surface area contributed by atoms with Crippen LogP contribution in [0.3, 0.4) is 0 Å². The summed E-state index contributed by atoms with van der Waals surface area (Å²) in [6.45, 7) is 9.94. The van der Waals surface area contributed by atoms with Gasteiger partial charge in [-0.1, -0.05) is 29.8 Å². The Labute approximate surface area is 229 Å². The van der Waals surface area contributed by atoms with Crippen molar-refractivity contribution in [3.05, 3.63) is 65.7 Å². The first-order valence-electron chi connectivity index (χ1n) is 13.7. The number of hydrogen-bond acceptors (Lipinski definition) is 5. The van der Waals surface area contributed by atoms with Crippen molar-refractivity contribution in [2.45, 2.75) is 58.6 Å². The van der Waals surface area contributed by atoms with E-state index < -0.39 is 5.60 Å². The summed E-state index contributed by atoms with van der Waals surface area (Å²) < 4.78 is 5.66. The van der Waals surface area contributed by atoms with E-state index in [-0.39, 0.29) is 18.2 Å². The minimum absolute atomic E-state index is 0.0497. The van der Waals surface area contributed by atoms with Crippen molar-refractivity contribution < 1.29 is 14.3 Å². The molecule has 1 fully saturated rings. The summed E-state index contributed by atoms with van der Waals surface area (Å²) in [7, 11) is 0. The second-order valence-corrected chi connectivity index (χ2v) is 11.7. The number of rotatable bonds is 2. The fraction of sp³-hybridized carbons (Fsp3) is 0.387. The molecule has 1 aromatic heterocycles. The summed E-state index contributed by atoms with van der Waals surface area (Å²) in [4.78, 5) is 37.6. The van der Waals surface area contributed by atoms with Crippen LogP contribution in [0.2, 0.25) is 0 Å². The molecule has 0 unspecified atom stereocenters. The molecule has 4 heterocycles. The van der Waals surface area contributed by atoms with Crippen LogP contribution < -0.4 is 20.0 Å². The number of aromatic nitrogens is 1. The van der Waals surface area contributed by atoms with E-state index >= 15 is 0 Å². The first-order valence-corrected chi connectivity index (χ1v) is 13.7. The molecule has 8 heteroatoms. The molecule has 8 nitrogen and oxygen atoms in total. The summed E-state index contributed by atoms with van der Waals surface area (Å²) in [5.74, 6) is 0.689. The zero-order chi connectivity index (χ0) is 27.3. The molecular weight excluding hydrogens is 490 g/mol. The number of carbonyl (C=O) groups is 2. The number of ether oxygens (including phenoxy) is 1. The average molecular weight is 526 g/mol. The van der Waals surface area contributed by atoms with Crippen molar-refractivity contribution in [1.82, 2.24) is 4.98 Å². The van der Waals surface area contributed by atoms with Gasteiger partial charge in [0.05, 0.1) is 23.1 Å². The molecule has 0 saturated carbocycles. The van der Waals surface area contributed by atoms with E-state index in [1.807, 2.05) is 62.1 Å². The molecule has 3 amide bonds. The number of anilines is 4. The third kappa shape index (κ3) is 4.91. The van der Waals surface area contributed by atoms with E-state index in [2.05, 4.69) is 35.3 Å². The van der Waals surface area contributed by atoms with Crippen LogP contribution in [0.25, 0.3) is 11.3 Å². The third-order valence-electron chi connectivity index (χ3n) is 7.55. The number of fused-ring (bicyclic) bond motifs is 5. The Hall–Kier alpha value is -4.07. The zero-order valence-electron chi connectivity index (χ0n) is 23.0. The van der Waals surface area contributed by atoms with Gasteiger partial charge in [-0.15, -0.1) is 0 Å². The van der Waals surface area contributed by atoms with Gasteiger partial charge in [0.25, 0.3) is 0 Å². The molecule has 6 rings (SSSR count). The molecule has 0 spiro atoms. The fourth-order valence-electron chi connectivity index (χ4n) is 5.78. The Kier molecular flexibility index (Phi) is 6.20. The van der Waals surface area contributed by atoms with Crippen molar-refractivity contribution in [3.8, 4) is 11.3 Å². The number of pyridine rings is 1. The Morgan fingerprint density at radius 2 is 1.87 bits per heavy atom. The van der Waals surface area contributed by atoms with E-state index in [1.54, 1.807) is 4.90 Å². The maximum absolute atomic E-state index is 13.8. The van der Waals surface area contributed by atoms with Crippen LogP contribution in [0.5, 0.6) is 0 Å². The first-order chi connectivity index (χ1) is 18.7. The highest BCUT2D eigenvalue weighted by atomic mass is 16.6. The molecule has 39 heavy (non-hydrogen) atoms. The highest BCUT2D eigenvalue weighted by molar-refractivity contribution is 6.05. The van der Waals surface area contributed by atoms with Gasteiger partial charge >= 0.3 is 12.1 Å². The Morgan fingerprint density at radius 3 is 2.67 bits per heavy atom. The molecule has 3 aliphatic heterocycles. The van der Waals surface area contributed by atoms with Crippen LogP contribution >= 0.6 is 0 Å². The standard InChI is InChI=1S/C31H35N5O3/c1-20-7-5-8-22(17-20)25-12-13-26-28(33-25)36(24-14-16-34(26)19-24)29(37)32-23-11-10-21-9-6-15-35(27(21)18-23)30(38)39-31(2,3)4/h5,7-8,10-13,17-18,24H,6,9,14-16,19H2,1-4H3,(H,32,37)/t24-/m0/s1. The van der Waals surface area contributed by atoms with Crippen LogP contribution in [0, 0.1) is 6.92 Å². The lowest BCUT2D eigenvalue weighted by atomic mass is 10.0. The van der Waals surface area contributed by atoms with E-state index in [9.17, 15) is 9.59 Å². The van der Waals surface area contributed by atoms with Gasteiger partial charge in [0.15, 0.2) is 5.82 Å². The predicted octanol–water partition coefficient (Wildman–Crippen LogP) is 6.38. The van der Waals surface area contributed by atoms with Crippen LogP contribution in [-0.2, 0) is 11.2 Å². The van der Waals surface area contributed by atoms with Crippen molar-refractivity contribution >= 4 is 35.0 Å². The second-order valence-electron chi connectivity index (χ2n) is 11.7. The molecule has 2 bridgehead atoms. The largest absolute Gasteiger partial charge is 0.443 e. The molecule has 3 aromatic rings. The van der Waals surface area contributed by atoms with Crippen molar-refractivity contribution in [2.75, 3.05) is 39.7 Å². The number of urea groups is 1. The maximum Gasteiger partial charge on any atom is 0.414 e.